The van der Waals surface area contributed by atoms with Crippen molar-refractivity contribution in [3.63, 3.8) is 0 Å². The largest absolute Gasteiger partial charge is 0.497 e. The Kier molecular flexibility index (Phi) is 7.26. The summed E-state index contributed by atoms with van der Waals surface area (Å²) in [5.74, 6) is 0.751. The van der Waals surface area contributed by atoms with Crippen molar-refractivity contribution in [1.29, 1.82) is 0 Å². The van der Waals surface area contributed by atoms with Crippen molar-refractivity contribution in [1.82, 2.24) is 9.55 Å². The average Bonchev–Trinajstić information content (AvgIpc) is 3.23. The molecule has 0 radical (unpaired) electrons. The van der Waals surface area contributed by atoms with Crippen LogP contribution in [0.1, 0.15) is 22.9 Å². The normalized spacial score (nSPS) is 21.3. The van der Waals surface area contributed by atoms with Gasteiger partial charge >= 0.3 is 5.69 Å². The molecule has 0 saturated carbocycles. The highest BCUT2D eigenvalue weighted by Crippen LogP contribution is 2.42. The first-order chi connectivity index (χ1) is 18.4. The van der Waals surface area contributed by atoms with Gasteiger partial charge in [0.1, 0.15) is 35.5 Å². The Bertz CT molecular complexity index is 1370. The number of nitrogens with zero attached hydrogens (tertiary/aromatic N) is 2. The molecular weight excluding hydrogens is 486 g/mol. The summed E-state index contributed by atoms with van der Waals surface area (Å²) in [7, 11) is 1.61. The molecule has 1 saturated heterocycles. The molecule has 0 spiro atoms. The molecule has 1 aliphatic heterocycles. The monoisotopic (exact) mass is 515 g/mol. The van der Waals surface area contributed by atoms with Gasteiger partial charge in [-0.1, -0.05) is 72.8 Å². The van der Waals surface area contributed by atoms with Crippen molar-refractivity contribution in [3.8, 4) is 5.75 Å². The van der Waals surface area contributed by atoms with Gasteiger partial charge in [-0.2, -0.15) is 4.98 Å². The van der Waals surface area contributed by atoms with Crippen LogP contribution >= 0.6 is 0 Å². The molecule has 1 aromatic heterocycles. The van der Waals surface area contributed by atoms with E-state index in [1.54, 1.807) is 7.11 Å². The van der Waals surface area contributed by atoms with E-state index in [2.05, 4.69) is 4.98 Å². The number of nitrogens with two attached hydrogens (primary N) is 1. The molecule has 0 aliphatic carbocycles. The molecule has 9 nitrogen and oxygen atoms in total. The van der Waals surface area contributed by atoms with E-state index in [0.717, 1.165) is 21.3 Å². The summed E-state index contributed by atoms with van der Waals surface area (Å²) in [6.07, 6.45) is -3.41. The summed E-state index contributed by atoms with van der Waals surface area (Å²) in [6, 6.07) is 28.5. The summed E-state index contributed by atoms with van der Waals surface area (Å²) in [6.45, 7) is -0.0955. The highest BCUT2D eigenvalue weighted by Gasteiger charge is 2.46. The van der Waals surface area contributed by atoms with Gasteiger partial charge in [-0.25, -0.2) is 4.79 Å². The van der Waals surface area contributed by atoms with E-state index in [9.17, 15) is 15.0 Å². The first-order valence-electron chi connectivity index (χ1n) is 12.2. The number of aliphatic hydroxyl groups excluding tert-OH is 2. The Morgan fingerprint density at radius 3 is 2.03 bits per heavy atom. The predicted octanol–water partition coefficient (Wildman–Crippen LogP) is 2.46. The van der Waals surface area contributed by atoms with Crippen molar-refractivity contribution in [2.45, 2.75) is 30.1 Å². The molecule has 196 valence electrons. The third kappa shape index (κ3) is 4.68. The van der Waals surface area contributed by atoms with Crippen molar-refractivity contribution < 1.29 is 24.4 Å². The van der Waals surface area contributed by atoms with Crippen LogP contribution in [0, 0.1) is 0 Å². The minimum Gasteiger partial charge on any atom is -0.497 e. The number of rotatable bonds is 8. The number of anilines is 1. The van der Waals surface area contributed by atoms with Crippen molar-refractivity contribution >= 4 is 5.82 Å². The lowest BCUT2D eigenvalue weighted by atomic mass is 9.80. The standard InChI is InChI=1S/C29H29N3O6/c1-36-22-14-12-21(13-15-22)29(19-8-4-2-5-9-19,20-10-6-3-7-11-20)37-18-23-25(33)26(34)27(38-23)32-17-16-24(30)31-28(32)35/h2-17,23,25-27,33-34H,18H2,1H3,(H2,30,31,35)/t23-,25-,26-,27-/m1/s1. The third-order valence-corrected chi connectivity index (χ3v) is 6.78. The number of aliphatic hydroxyl groups is 2. The van der Waals surface area contributed by atoms with Gasteiger partial charge in [0.25, 0.3) is 0 Å². The molecule has 4 atom stereocenters. The maximum Gasteiger partial charge on any atom is 0.351 e. The quantitative estimate of drug-likeness (QED) is 0.305. The first kappa shape index (κ1) is 25.6. The molecule has 1 fully saturated rings. The summed E-state index contributed by atoms with van der Waals surface area (Å²) in [4.78, 5) is 16.1. The molecule has 1 aliphatic rings. The van der Waals surface area contributed by atoms with E-state index in [1.807, 2.05) is 84.9 Å². The van der Waals surface area contributed by atoms with Crippen molar-refractivity contribution in [2.24, 2.45) is 0 Å². The number of benzene rings is 3. The number of nitrogen functional groups attached to an aromatic ring is 1. The highest BCUT2D eigenvalue weighted by atomic mass is 16.6. The van der Waals surface area contributed by atoms with E-state index in [-0.39, 0.29) is 12.4 Å². The van der Waals surface area contributed by atoms with Crippen LogP contribution < -0.4 is 16.2 Å². The smallest absolute Gasteiger partial charge is 0.351 e. The van der Waals surface area contributed by atoms with Gasteiger partial charge in [0.15, 0.2) is 6.23 Å². The SMILES string of the molecule is COc1ccc(C(OC[C@H]2O[C@@H](n3ccc(N)nc3=O)[C@H](O)[C@@H]2O)(c2ccccc2)c2ccccc2)cc1. The Labute approximate surface area is 219 Å². The molecule has 0 amide bonds. The minimum atomic E-state index is -1.38. The molecule has 5 rings (SSSR count). The van der Waals surface area contributed by atoms with Crippen molar-refractivity contribution in [2.75, 3.05) is 19.5 Å². The second kappa shape index (κ2) is 10.8. The zero-order chi connectivity index (χ0) is 26.7. The number of aromatic nitrogens is 2. The lowest BCUT2D eigenvalue weighted by Gasteiger charge is -2.37. The Morgan fingerprint density at radius 2 is 1.47 bits per heavy atom. The van der Waals surface area contributed by atoms with Gasteiger partial charge in [0, 0.05) is 6.20 Å². The van der Waals surface area contributed by atoms with Crippen LogP contribution in [0.15, 0.2) is 102 Å². The van der Waals surface area contributed by atoms with E-state index in [4.69, 9.17) is 19.9 Å². The van der Waals surface area contributed by atoms with E-state index >= 15 is 0 Å². The van der Waals surface area contributed by atoms with E-state index < -0.39 is 35.8 Å². The number of hydrogen-bond acceptors (Lipinski definition) is 8. The second-order valence-corrected chi connectivity index (χ2v) is 9.04. The minimum absolute atomic E-state index is 0.0502. The molecule has 3 aromatic carbocycles. The van der Waals surface area contributed by atoms with E-state index in [0.29, 0.717) is 5.75 Å². The van der Waals surface area contributed by atoms with Gasteiger partial charge in [-0.05, 0) is 34.9 Å². The second-order valence-electron chi connectivity index (χ2n) is 9.04. The third-order valence-electron chi connectivity index (χ3n) is 6.78. The van der Waals surface area contributed by atoms with Crippen molar-refractivity contribution in [3.05, 3.63) is 124 Å². The molecule has 4 N–H and O–H groups in total. The van der Waals surface area contributed by atoms with Gasteiger partial charge in [-0.15, -0.1) is 0 Å². The van der Waals surface area contributed by atoms with Crippen LogP contribution in [0.4, 0.5) is 5.82 Å². The Balaban J connectivity index is 1.53. The van der Waals surface area contributed by atoms with Crippen LogP contribution in [0.2, 0.25) is 0 Å². The molecule has 2 heterocycles. The van der Waals surface area contributed by atoms with Gasteiger partial charge in [0.2, 0.25) is 0 Å². The van der Waals surface area contributed by atoms with Crippen LogP contribution in [0.25, 0.3) is 0 Å². The first-order valence-corrected chi connectivity index (χ1v) is 12.2. The van der Waals surface area contributed by atoms with Crippen LogP contribution in [0.5, 0.6) is 5.75 Å². The average molecular weight is 516 g/mol. The number of hydrogen-bond donors (Lipinski definition) is 3. The molecule has 0 bridgehead atoms. The summed E-state index contributed by atoms with van der Waals surface area (Å²) < 4.78 is 19.2. The molecule has 38 heavy (non-hydrogen) atoms. The van der Waals surface area contributed by atoms with Gasteiger partial charge < -0.3 is 30.2 Å². The maximum absolute atomic E-state index is 12.4. The van der Waals surface area contributed by atoms with Crippen LogP contribution in [0.3, 0.4) is 0 Å². The van der Waals surface area contributed by atoms with Gasteiger partial charge in [0.05, 0.1) is 13.7 Å². The fourth-order valence-corrected chi connectivity index (χ4v) is 4.84. The number of methoxy groups -OCH3 is 1. The molecule has 4 aromatic rings. The lowest BCUT2D eigenvalue weighted by Crippen LogP contribution is -2.39. The topological polar surface area (TPSA) is 129 Å². The fourth-order valence-electron chi connectivity index (χ4n) is 4.84. The molecule has 0 unspecified atom stereocenters. The molecule has 9 heteroatoms. The summed E-state index contributed by atoms with van der Waals surface area (Å²) in [5, 5.41) is 21.6. The zero-order valence-corrected chi connectivity index (χ0v) is 20.8. The summed E-state index contributed by atoms with van der Waals surface area (Å²) >= 11 is 0. The predicted molar refractivity (Wildman–Crippen MR) is 141 cm³/mol. The van der Waals surface area contributed by atoms with Crippen LogP contribution in [-0.2, 0) is 15.1 Å². The van der Waals surface area contributed by atoms with Crippen LogP contribution in [-0.4, -0.2) is 51.8 Å². The van der Waals surface area contributed by atoms with E-state index in [1.165, 1.54) is 12.3 Å². The Morgan fingerprint density at radius 1 is 0.895 bits per heavy atom. The molecular formula is C29H29N3O6. The zero-order valence-electron chi connectivity index (χ0n) is 20.8. The fraction of sp³-hybridized carbons (Fsp3) is 0.241. The maximum atomic E-state index is 12.4. The Hall–Kier alpha value is -4.02. The summed E-state index contributed by atoms with van der Waals surface area (Å²) in [5.41, 5.74) is 6.37. The lowest BCUT2D eigenvalue weighted by molar-refractivity contribution is -0.0958. The number of ether oxygens (including phenoxy) is 3. The van der Waals surface area contributed by atoms with Gasteiger partial charge in [-0.3, -0.25) is 4.57 Å². The highest BCUT2D eigenvalue weighted by molar-refractivity contribution is 5.48.